The van der Waals surface area contributed by atoms with Crippen LogP contribution in [0.5, 0.6) is 0 Å². The van der Waals surface area contributed by atoms with Gasteiger partial charge in [0.25, 0.3) is 0 Å². The van der Waals surface area contributed by atoms with E-state index in [9.17, 15) is 9.59 Å². The molecule has 1 saturated carbocycles. The maximum absolute atomic E-state index is 12.4. The third-order valence-electron chi connectivity index (χ3n) is 5.14. The fourth-order valence-corrected chi connectivity index (χ4v) is 3.38. The first kappa shape index (κ1) is 18.5. The molecule has 0 saturated heterocycles. The summed E-state index contributed by atoms with van der Waals surface area (Å²) in [6, 6.07) is 15.3. The van der Waals surface area contributed by atoms with E-state index < -0.39 is 0 Å². The fourth-order valence-electron chi connectivity index (χ4n) is 3.38. The highest BCUT2D eigenvalue weighted by molar-refractivity contribution is 5.90. The van der Waals surface area contributed by atoms with Gasteiger partial charge < -0.3 is 10.1 Å². The van der Waals surface area contributed by atoms with Gasteiger partial charge in [-0.2, -0.15) is 0 Å². The molecule has 0 spiro atoms. The molecular formula is C22H25N3O3. The largest absolute Gasteiger partial charge is 0.376 e. The molecule has 1 N–H and O–H groups in total. The average Bonchev–Trinajstić information content (AvgIpc) is 3.48. The van der Waals surface area contributed by atoms with Crippen molar-refractivity contribution in [2.75, 3.05) is 11.9 Å². The smallest absolute Gasteiger partial charge is 0.328 e. The summed E-state index contributed by atoms with van der Waals surface area (Å²) in [6.07, 6.45) is 2.78. The summed E-state index contributed by atoms with van der Waals surface area (Å²) in [5.41, 5.74) is 3.40. The molecule has 6 heteroatoms. The molecule has 0 aliphatic heterocycles. The molecule has 0 unspecified atom stereocenters. The SMILES string of the molecule is Cn1c(=O)n(CCC(=O)Nc2cccc(COCC3CC3)c2)c2ccccc21. The molecular weight excluding hydrogens is 354 g/mol. The summed E-state index contributed by atoms with van der Waals surface area (Å²) in [4.78, 5) is 24.8. The second-order valence-electron chi connectivity index (χ2n) is 7.44. The molecule has 3 aromatic rings. The summed E-state index contributed by atoms with van der Waals surface area (Å²) in [6.45, 7) is 1.72. The highest BCUT2D eigenvalue weighted by Gasteiger charge is 2.21. The number of imidazole rings is 1. The Morgan fingerprint density at radius 3 is 2.71 bits per heavy atom. The minimum absolute atomic E-state index is 0.108. The Kier molecular flexibility index (Phi) is 5.30. The molecule has 4 rings (SSSR count). The molecule has 1 amide bonds. The highest BCUT2D eigenvalue weighted by Crippen LogP contribution is 2.29. The lowest BCUT2D eigenvalue weighted by molar-refractivity contribution is -0.116. The van der Waals surface area contributed by atoms with Gasteiger partial charge in [0.1, 0.15) is 0 Å². The number of carbonyl (C=O) groups is 1. The van der Waals surface area contributed by atoms with E-state index in [1.165, 1.54) is 12.8 Å². The van der Waals surface area contributed by atoms with Crippen LogP contribution in [0.1, 0.15) is 24.8 Å². The van der Waals surface area contributed by atoms with Crippen molar-refractivity contribution in [2.45, 2.75) is 32.4 Å². The van der Waals surface area contributed by atoms with Crippen molar-refractivity contribution >= 4 is 22.6 Å². The van der Waals surface area contributed by atoms with Crippen LogP contribution in [-0.2, 0) is 29.7 Å². The van der Waals surface area contributed by atoms with E-state index in [0.29, 0.717) is 13.2 Å². The van der Waals surface area contributed by atoms with E-state index in [1.807, 2.05) is 48.5 Å². The van der Waals surface area contributed by atoms with Crippen LogP contribution in [0.2, 0.25) is 0 Å². The minimum Gasteiger partial charge on any atom is -0.376 e. The molecule has 28 heavy (non-hydrogen) atoms. The Morgan fingerprint density at radius 1 is 1.14 bits per heavy atom. The fraction of sp³-hybridized carbons (Fsp3) is 0.364. The summed E-state index contributed by atoms with van der Waals surface area (Å²) < 4.78 is 8.97. The van der Waals surface area contributed by atoms with Gasteiger partial charge in [-0.15, -0.1) is 0 Å². The van der Waals surface area contributed by atoms with Gasteiger partial charge in [0.15, 0.2) is 0 Å². The lowest BCUT2D eigenvalue weighted by Crippen LogP contribution is -2.24. The zero-order chi connectivity index (χ0) is 19.5. The minimum atomic E-state index is -0.115. The van der Waals surface area contributed by atoms with E-state index in [2.05, 4.69) is 5.32 Å². The average molecular weight is 379 g/mol. The van der Waals surface area contributed by atoms with Gasteiger partial charge in [0, 0.05) is 32.3 Å². The molecule has 146 valence electrons. The lowest BCUT2D eigenvalue weighted by atomic mass is 10.2. The first-order chi connectivity index (χ1) is 13.6. The monoisotopic (exact) mass is 379 g/mol. The molecule has 1 aliphatic carbocycles. The molecule has 0 radical (unpaired) electrons. The number of hydrogen-bond donors (Lipinski definition) is 1. The predicted molar refractivity (Wildman–Crippen MR) is 109 cm³/mol. The number of hydrogen-bond acceptors (Lipinski definition) is 3. The summed E-state index contributed by atoms with van der Waals surface area (Å²) in [5.74, 6) is 0.622. The summed E-state index contributed by atoms with van der Waals surface area (Å²) in [5, 5.41) is 2.92. The van der Waals surface area contributed by atoms with E-state index in [0.717, 1.165) is 34.8 Å². The van der Waals surface area contributed by atoms with Crippen LogP contribution in [-0.4, -0.2) is 21.6 Å². The van der Waals surface area contributed by atoms with Crippen LogP contribution < -0.4 is 11.0 Å². The Hall–Kier alpha value is -2.86. The third kappa shape index (κ3) is 4.17. The van der Waals surface area contributed by atoms with Crippen LogP contribution in [0.15, 0.2) is 53.3 Å². The van der Waals surface area contributed by atoms with Crippen LogP contribution in [0.3, 0.4) is 0 Å². The van der Waals surface area contributed by atoms with Crippen molar-refractivity contribution in [3.05, 3.63) is 64.6 Å². The zero-order valence-corrected chi connectivity index (χ0v) is 16.1. The van der Waals surface area contributed by atoms with Gasteiger partial charge in [-0.3, -0.25) is 13.9 Å². The molecule has 6 nitrogen and oxygen atoms in total. The van der Waals surface area contributed by atoms with Crippen LogP contribution in [0, 0.1) is 5.92 Å². The maximum Gasteiger partial charge on any atom is 0.328 e. The van der Waals surface area contributed by atoms with Crippen LogP contribution >= 0.6 is 0 Å². The molecule has 1 heterocycles. The van der Waals surface area contributed by atoms with E-state index in [4.69, 9.17) is 4.74 Å². The van der Waals surface area contributed by atoms with E-state index >= 15 is 0 Å². The standard InChI is InChI=1S/C22H25N3O3/c1-24-19-7-2-3-8-20(19)25(22(24)27)12-11-21(26)23-18-6-4-5-17(13-18)15-28-14-16-9-10-16/h2-8,13,16H,9-12,14-15H2,1H3,(H,23,26). The second-order valence-corrected chi connectivity index (χ2v) is 7.44. The normalized spacial score (nSPS) is 13.8. The number of benzene rings is 2. The summed E-state index contributed by atoms with van der Waals surface area (Å²) >= 11 is 0. The van der Waals surface area contributed by atoms with E-state index in [-0.39, 0.29) is 18.0 Å². The third-order valence-corrected chi connectivity index (χ3v) is 5.14. The highest BCUT2D eigenvalue weighted by atomic mass is 16.5. The Balaban J connectivity index is 1.36. The van der Waals surface area contributed by atoms with Crippen LogP contribution in [0.25, 0.3) is 11.0 Å². The summed E-state index contributed by atoms with van der Waals surface area (Å²) in [7, 11) is 1.75. The van der Waals surface area contributed by atoms with Crippen molar-refractivity contribution in [1.82, 2.24) is 9.13 Å². The number of amides is 1. The topological polar surface area (TPSA) is 65.3 Å². The van der Waals surface area contributed by atoms with Crippen molar-refractivity contribution in [1.29, 1.82) is 0 Å². The molecule has 1 aromatic heterocycles. The molecule has 1 fully saturated rings. The van der Waals surface area contributed by atoms with Crippen molar-refractivity contribution < 1.29 is 9.53 Å². The molecule has 0 bridgehead atoms. The number of nitrogens with one attached hydrogen (secondary N) is 1. The van der Waals surface area contributed by atoms with Gasteiger partial charge in [-0.1, -0.05) is 24.3 Å². The number of carbonyl (C=O) groups excluding carboxylic acids is 1. The molecule has 1 aliphatic rings. The molecule has 0 atom stereocenters. The van der Waals surface area contributed by atoms with Gasteiger partial charge in [-0.05, 0) is 48.6 Å². The van der Waals surface area contributed by atoms with Crippen molar-refractivity contribution in [3.63, 3.8) is 0 Å². The Bertz CT molecular complexity index is 1050. The van der Waals surface area contributed by atoms with Gasteiger partial charge in [-0.25, -0.2) is 4.79 Å². The second kappa shape index (κ2) is 8.02. The number of para-hydroxylation sites is 2. The van der Waals surface area contributed by atoms with Crippen molar-refractivity contribution in [2.24, 2.45) is 13.0 Å². The maximum atomic E-state index is 12.4. The number of rotatable bonds is 8. The van der Waals surface area contributed by atoms with Crippen molar-refractivity contribution in [3.8, 4) is 0 Å². The van der Waals surface area contributed by atoms with Gasteiger partial charge in [0.05, 0.1) is 17.6 Å². The van der Waals surface area contributed by atoms with E-state index in [1.54, 1.807) is 16.2 Å². The first-order valence-corrected chi connectivity index (χ1v) is 9.72. The predicted octanol–water partition coefficient (Wildman–Crippen LogP) is 3.30. The molecule has 2 aromatic carbocycles. The number of anilines is 1. The number of aryl methyl sites for hydroxylation is 2. The Labute approximate surface area is 163 Å². The quantitative estimate of drug-likeness (QED) is 0.653. The van der Waals surface area contributed by atoms with Gasteiger partial charge in [0.2, 0.25) is 5.91 Å². The van der Waals surface area contributed by atoms with Crippen LogP contribution in [0.4, 0.5) is 5.69 Å². The number of fused-ring (bicyclic) bond motifs is 1. The first-order valence-electron chi connectivity index (χ1n) is 9.72. The number of ether oxygens (including phenoxy) is 1. The Morgan fingerprint density at radius 2 is 1.93 bits per heavy atom. The lowest BCUT2D eigenvalue weighted by Gasteiger charge is -2.09. The number of nitrogens with zero attached hydrogens (tertiary/aromatic N) is 2. The van der Waals surface area contributed by atoms with Gasteiger partial charge >= 0.3 is 5.69 Å². The zero-order valence-electron chi connectivity index (χ0n) is 16.1. The number of aromatic nitrogens is 2.